The van der Waals surface area contributed by atoms with E-state index < -0.39 is 10.0 Å². The molecule has 0 bridgehead atoms. The van der Waals surface area contributed by atoms with Gasteiger partial charge in [0.15, 0.2) is 0 Å². The third-order valence-electron chi connectivity index (χ3n) is 3.95. The quantitative estimate of drug-likeness (QED) is 0.872. The van der Waals surface area contributed by atoms with E-state index in [2.05, 4.69) is 15.9 Å². The summed E-state index contributed by atoms with van der Waals surface area (Å²) in [5.74, 6) is 0. The average molecular weight is 377 g/mol. The summed E-state index contributed by atoms with van der Waals surface area (Å²) >= 11 is 3.42. The van der Waals surface area contributed by atoms with Crippen molar-refractivity contribution in [2.75, 3.05) is 20.3 Å². The van der Waals surface area contributed by atoms with Gasteiger partial charge in [0.25, 0.3) is 0 Å². The number of benzene rings is 1. The Labute approximate surface area is 134 Å². The number of hydrogen-bond donors (Lipinski definition) is 1. The van der Waals surface area contributed by atoms with Gasteiger partial charge in [0.05, 0.1) is 4.90 Å². The Morgan fingerprint density at radius 3 is 2.57 bits per heavy atom. The maximum atomic E-state index is 12.9. The second-order valence-electron chi connectivity index (χ2n) is 5.27. The van der Waals surface area contributed by atoms with E-state index in [9.17, 15) is 8.42 Å². The van der Waals surface area contributed by atoms with E-state index in [4.69, 9.17) is 10.5 Å². The number of sulfonamides is 1. The Bertz CT molecular complexity index is 613. The summed E-state index contributed by atoms with van der Waals surface area (Å²) in [6.45, 7) is 3.32. The summed E-state index contributed by atoms with van der Waals surface area (Å²) in [7, 11) is -1.89. The van der Waals surface area contributed by atoms with E-state index in [1.54, 1.807) is 20.0 Å². The molecule has 1 aromatic rings. The van der Waals surface area contributed by atoms with Crippen LogP contribution in [0.15, 0.2) is 21.5 Å². The Morgan fingerprint density at radius 2 is 2.00 bits per heavy atom. The third kappa shape index (κ3) is 3.48. The summed E-state index contributed by atoms with van der Waals surface area (Å²) in [6, 6.07) is 3.53. The van der Waals surface area contributed by atoms with Gasteiger partial charge in [-0.15, -0.1) is 0 Å². The Hall–Kier alpha value is -0.470. The van der Waals surface area contributed by atoms with Crippen LogP contribution in [0.4, 0.5) is 0 Å². The molecule has 1 saturated heterocycles. The lowest BCUT2D eigenvalue weighted by Crippen LogP contribution is -2.40. The first kappa shape index (κ1) is 16.9. The smallest absolute Gasteiger partial charge is 0.243 e. The van der Waals surface area contributed by atoms with Crippen molar-refractivity contribution in [1.29, 1.82) is 0 Å². The first-order valence-electron chi connectivity index (χ1n) is 6.92. The molecule has 0 radical (unpaired) electrons. The maximum absolute atomic E-state index is 12.9. The minimum absolute atomic E-state index is 0.0107. The first-order valence-corrected chi connectivity index (χ1v) is 9.16. The Morgan fingerprint density at radius 1 is 1.38 bits per heavy atom. The number of ether oxygens (including phenoxy) is 1. The predicted molar refractivity (Wildman–Crippen MR) is 85.6 cm³/mol. The van der Waals surface area contributed by atoms with Crippen LogP contribution < -0.4 is 5.73 Å². The monoisotopic (exact) mass is 376 g/mol. The van der Waals surface area contributed by atoms with Crippen LogP contribution in [0, 0.1) is 6.92 Å². The molecule has 7 heteroatoms. The SMILES string of the molecule is Cc1c(Br)cc(CN)cc1S(=O)(=O)N(C)C1CCOCC1. The lowest BCUT2D eigenvalue weighted by Gasteiger charge is -2.31. The zero-order valence-corrected chi connectivity index (χ0v) is 14.7. The number of nitrogens with zero attached hydrogens (tertiary/aromatic N) is 1. The van der Waals surface area contributed by atoms with Crippen molar-refractivity contribution in [3.8, 4) is 0 Å². The molecule has 0 unspecified atom stereocenters. The van der Waals surface area contributed by atoms with E-state index in [1.807, 2.05) is 6.07 Å². The number of nitrogens with two attached hydrogens (primary N) is 1. The van der Waals surface area contributed by atoms with Crippen LogP contribution in [-0.2, 0) is 21.3 Å². The van der Waals surface area contributed by atoms with Gasteiger partial charge in [-0.1, -0.05) is 15.9 Å². The highest BCUT2D eigenvalue weighted by Crippen LogP contribution is 2.29. The predicted octanol–water partition coefficient (Wildman–Crippen LogP) is 2.02. The van der Waals surface area contributed by atoms with Gasteiger partial charge in [0.1, 0.15) is 0 Å². The molecule has 1 heterocycles. The molecule has 0 saturated carbocycles. The fourth-order valence-corrected chi connectivity index (χ4v) is 4.84. The average Bonchev–Trinajstić information content (AvgIpc) is 2.49. The van der Waals surface area contributed by atoms with Crippen molar-refractivity contribution in [3.63, 3.8) is 0 Å². The summed E-state index contributed by atoms with van der Waals surface area (Å²) in [6.07, 6.45) is 1.46. The lowest BCUT2D eigenvalue weighted by molar-refractivity contribution is 0.0632. The molecule has 0 aliphatic carbocycles. The van der Waals surface area contributed by atoms with Crippen molar-refractivity contribution < 1.29 is 13.2 Å². The van der Waals surface area contributed by atoms with E-state index >= 15 is 0 Å². The molecule has 0 atom stereocenters. The van der Waals surface area contributed by atoms with E-state index in [-0.39, 0.29) is 6.04 Å². The summed E-state index contributed by atoms with van der Waals surface area (Å²) < 4.78 is 33.3. The van der Waals surface area contributed by atoms with Crippen LogP contribution in [0.1, 0.15) is 24.0 Å². The zero-order chi connectivity index (χ0) is 15.6. The molecule has 118 valence electrons. The highest BCUT2D eigenvalue weighted by atomic mass is 79.9. The van der Waals surface area contributed by atoms with Crippen LogP contribution in [-0.4, -0.2) is 39.0 Å². The van der Waals surface area contributed by atoms with Crippen LogP contribution in [0.5, 0.6) is 0 Å². The van der Waals surface area contributed by atoms with Gasteiger partial charge in [-0.05, 0) is 43.0 Å². The molecule has 1 aliphatic heterocycles. The number of halogens is 1. The molecular formula is C14H21BrN2O3S. The summed E-state index contributed by atoms with van der Waals surface area (Å²) in [5.41, 5.74) is 7.17. The van der Waals surface area contributed by atoms with Gasteiger partial charge in [-0.2, -0.15) is 4.31 Å². The molecule has 0 amide bonds. The molecule has 2 rings (SSSR count). The molecule has 1 aliphatic rings. The van der Waals surface area contributed by atoms with Crippen molar-refractivity contribution in [2.24, 2.45) is 5.73 Å². The van der Waals surface area contributed by atoms with Gasteiger partial charge >= 0.3 is 0 Å². The second-order valence-corrected chi connectivity index (χ2v) is 8.09. The zero-order valence-electron chi connectivity index (χ0n) is 12.3. The van der Waals surface area contributed by atoms with Crippen molar-refractivity contribution in [3.05, 3.63) is 27.7 Å². The standard InChI is InChI=1S/C14H21BrN2O3S/c1-10-13(15)7-11(9-16)8-14(10)21(18,19)17(2)12-3-5-20-6-4-12/h7-8,12H,3-6,9,16H2,1-2H3. The van der Waals surface area contributed by atoms with Gasteiger partial charge in [0.2, 0.25) is 10.0 Å². The first-order chi connectivity index (χ1) is 9.87. The fraction of sp³-hybridized carbons (Fsp3) is 0.571. The molecule has 21 heavy (non-hydrogen) atoms. The van der Waals surface area contributed by atoms with E-state index in [0.717, 1.165) is 22.9 Å². The highest BCUT2D eigenvalue weighted by molar-refractivity contribution is 9.10. The van der Waals surface area contributed by atoms with E-state index in [0.29, 0.717) is 30.2 Å². The maximum Gasteiger partial charge on any atom is 0.243 e. The van der Waals surface area contributed by atoms with Crippen molar-refractivity contribution in [2.45, 2.75) is 37.2 Å². The van der Waals surface area contributed by atoms with Crippen molar-refractivity contribution in [1.82, 2.24) is 4.31 Å². The van der Waals surface area contributed by atoms with Gasteiger partial charge < -0.3 is 10.5 Å². The largest absolute Gasteiger partial charge is 0.381 e. The second kappa shape index (κ2) is 6.75. The van der Waals surface area contributed by atoms with Gasteiger partial charge in [-0.25, -0.2) is 8.42 Å². The minimum Gasteiger partial charge on any atom is -0.381 e. The van der Waals surface area contributed by atoms with Crippen LogP contribution >= 0.6 is 15.9 Å². The van der Waals surface area contributed by atoms with Gasteiger partial charge in [0, 0.05) is 37.3 Å². The topological polar surface area (TPSA) is 72.6 Å². The van der Waals surface area contributed by atoms with Crippen LogP contribution in [0.2, 0.25) is 0 Å². The molecule has 2 N–H and O–H groups in total. The van der Waals surface area contributed by atoms with Crippen LogP contribution in [0.25, 0.3) is 0 Å². The normalized spacial score (nSPS) is 17.4. The van der Waals surface area contributed by atoms with Gasteiger partial charge in [-0.3, -0.25) is 0 Å². The molecule has 5 nitrogen and oxygen atoms in total. The third-order valence-corrected chi connectivity index (χ3v) is 6.81. The summed E-state index contributed by atoms with van der Waals surface area (Å²) in [5, 5.41) is 0. The molecule has 1 fully saturated rings. The Balaban J connectivity index is 2.40. The number of rotatable bonds is 4. The lowest BCUT2D eigenvalue weighted by atomic mass is 10.1. The summed E-state index contributed by atoms with van der Waals surface area (Å²) in [4.78, 5) is 0.325. The van der Waals surface area contributed by atoms with Crippen LogP contribution in [0.3, 0.4) is 0 Å². The molecular weight excluding hydrogens is 356 g/mol. The number of hydrogen-bond acceptors (Lipinski definition) is 4. The van der Waals surface area contributed by atoms with Crippen molar-refractivity contribution >= 4 is 26.0 Å². The molecule has 0 aromatic heterocycles. The fourth-order valence-electron chi connectivity index (χ4n) is 2.49. The Kier molecular flexibility index (Phi) is 5.43. The highest BCUT2D eigenvalue weighted by Gasteiger charge is 2.31. The molecule has 0 spiro atoms. The molecule has 1 aromatic carbocycles. The minimum atomic E-state index is -3.53. The van der Waals surface area contributed by atoms with E-state index in [1.165, 1.54) is 4.31 Å².